The molecule has 2 fully saturated rings. The molecule has 20 heavy (non-hydrogen) atoms. The van der Waals surface area contributed by atoms with Gasteiger partial charge in [0.25, 0.3) is 0 Å². The molecule has 0 radical (unpaired) electrons. The van der Waals surface area contributed by atoms with Crippen molar-refractivity contribution >= 4 is 17.5 Å². The van der Waals surface area contributed by atoms with Gasteiger partial charge in [-0.2, -0.15) is 0 Å². The lowest BCUT2D eigenvalue weighted by atomic mass is 9.69. The molecule has 0 saturated heterocycles. The van der Waals surface area contributed by atoms with E-state index in [1.165, 1.54) is 25.7 Å². The smallest absolute Gasteiger partial charge is 0.223 e. The van der Waals surface area contributed by atoms with Gasteiger partial charge in [-0.1, -0.05) is 20.8 Å². The number of nitrogens with one attached hydrogen (secondary N) is 1. The summed E-state index contributed by atoms with van der Waals surface area (Å²) >= 11 is 5.84. The van der Waals surface area contributed by atoms with Crippen LogP contribution < -0.4 is 5.32 Å². The summed E-state index contributed by atoms with van der Waals surface area (Å²) < 4.78 is 0. The Morgan fingerprint density at radius 3 is 2.25 bits per heavy atom. The fourth-order valence-corrected chi connectivity index (χ4v) is 3.93. The van der Waals surface area contributed by atoms with Crippen molar-refractivity contribution in [2.45, 2.75) is 65.7 Å². The van der Waals surface area contributed by atoms with Crippen LogP contribution in [-0.4, -0.2) is 18.3 Å². The summed E-state index contributed by atoms with van der Waals surface area (Å²) in [5.74, 6) is 2.03. The molecular formula is C17H30ClNO. The lowest BCUT2D eigenvalue weighted by Gasteiger charge is -2.36. The minimum absolute atomic E-state index is 0.250. The quantitative estimate of drug-likeness (QED) is 0.751. The maximum atomic E-state index is 12.3. The second kappa shape index (κ2) is 6.25. The molecule has 2 aliphatic rings. The number of alkyl halides is 1. The first-order valence-electron chi connectivity index (χ1n) is 8.20. The van der Waals surface area contributed by atoms with E-state index >= 15 is 0 Å². The molecule has 116 valence electrons. The van der Waals surface area contributed by atoms with Crippen molar-refractivity contribution in [3.63, 3.8) is 0 Å². The van der Waals surface area contributed by atoms with Crippen LogP contribution >= 0.6 is 11.6 Å². The van der Waals surface area contributed by atoms with Crippen LogP contribution in [0, 0.1) is 22.7 Å². The van der Waals surface area contributed by atoms with Crippen LogP contribution in [0.15, 0.2) is 0 Å². The number of hydrogen-bond donors (Lipinski definition) is 1. The molecule has 0 aliphatic heterocycles. The maximum Gasteiger partial charge on any atom is 0.223 e. The second-order valence-electron chi connectivity index (χ2n) is 8.07. The Kier molecular flexibility index (Phi) is 5.05. The molecule has 0 atom stereocenters. The van der Waals surface area contributed by atoms with Crippen LogP contribution in [0.2, 0.25) is 0 Å². The van der Waals surface area contributed by atoms with Crippen LogP contribution in [0.3, 0.4) is 0 Å². The Hall–Kier alpha value is -0.240. The second-order valence-corrected chi connectivity index (χ2v) is 8.45. The van der Waals surface area contributed by atoms with E-state index in [2.05, 4.69) is 26.1 Å². The fourth-order valence-electron chi connectivity index (χ4n) is 3.53. The van der Waals surface area contributed by atoms with Crippen molar-refractivity contribution in [1.29, 1.82) is 0 Å². The Balaban J connectivity index is 1.72. The minimum Gasteiger partial charge on any atom is -0.355 e. The van der Waals surface area contributed by atoms with E-state index in [1.807, 2.05) is 0 Å². The molecular weight excluding hydrogens is 270 g/mol. The number of carbonyl (C=O) groups is 1. The zero-order valence-electron chi connectivity index (χ0n) is 13.3. The Morgan fingerprint density at radius 1 is 1.20 bits per heavy atom. The van der Waals surface area contributed by atoms with E-state index < -0.39 is 0 Å². The first-order valence-corrected chi connectivity index (χ1v) is 8.73. The topological polar surface area (TPSA) is 29.1 Å². The molecule has 2 aliphatic carbocycles. The molecule has 3 heteroatoms. The number of amides is 1. The third-order valence-corrected chi connectivity index (χ3v) is 5.73. The fraction of sp³-hybridized carbons (Fsp3) is 0.941. The van der Waals surface area contributed by atoms with Crippen LogP contribution in [0.4, 0.5) is 0 Å². The monoisotopic (exact) mass is 299 g/mol. The van der Waals surface area contributed by atoms with Gasteiger partial charge in [0, 0.05) is 18.3 Å². The molecule has 1 amide bonds. The van der Waals surface area contributed by atoms with Crippen molar-refractivity contribution in [3.05, 3.63) is 0 Å². The molecule has 2 rings (SSSR count). The largest absolute Gasteiger partial charge is 0.355 e. The van der Waals surface area contributed by atoms with Gasteiger partial charge in [-0.05, 0) is 61.7 Å². The van der Waals surface area contributed by atoms with E-state index in [4.69, 9.17) is 11.6 Å². The predicted octanol–water partition coefficient (Wildman–Crippen LogP) is 4.36. The van der Waals surface area contributed by atoms with E-state index in [0.29, 0.717) is 22.6 Å². The highest BCUT2D eigenvalue weighted by Crippen LogP contribution is 2.48. The molecule has 1 N–H and O–H groups in total. The third-order valence-electron chi connectivity index (χ3n) is 5.54. The highest BCUT2D eigenvalue weighted by atomic mass is 35.5. The Labute approximate surface area is 129 Å². The molecule has 0 unspecified atom stereocenters. The van der Waals surface area contributed by atoms with Crippen molar-refractivity contribution < 1.29 is 4.79 Å². The highest BCUT2D eigenvalue weighted by Gasteiger charge is 2.42. The Bertz CT molecular complexity index is 335. The van der Waals surface area contributed by atoms with E-state index in [0.717, 1.165) is 31.7 Å². The van der Waals surface area contributed by atoms with E-state index in [9.17, 15) is 4.79 Å². The SMILES string of the molecule is CC(C)(C)C1CCC(C(=O)NCC2(CCCl)CC2)CC1. The van der Waals surface area contributed by atoms with Crippen molar-refractivity contribution in [1.82, 2.24) is 5.32 Å². The summed E-state index contributed by atoms with van der Waals surface area (Å²) in [5, 5.41) is 3.20. The van der Waals surface area contributed by atoms with Crippen molar-refractivity contribution in [3.8, 4) is 0 Å². The van der Waals surface area contributed by atoms with Crippen LogP contribution in [0.25, 0.3) is 0 Å². The highest BCUT2D eigenvalue weighted by molar-refractivity contribution is 6.17. The molecule has 2 saturated carbocycles. The molecule has 0 bridgehead atoms. The van der Waals surface area contributed by atoms with Gasteiger partial charge in [-0.25, -0.2) is 0 Å². The van der Waals surface area contributed by atoms with Gasteiger partial charge in [0.1, 0.15) is 0 Å². The van der Waals surface area contributed by atoms with Crippen molar-refractivity contribution in [2.24, 2.45) is 22.7 Å². The average Bonchev–Trinajstić information content (AvgIpc) is 3.16. The lowest BCUT2D eigenvalue weighted by molar-refractivity contribution is -0.126. The van der Waals surface area contributed by atoms with Gasteiger partial charge in [-0.15, -0.1) is 11.6 Å². The van der Waals surface area contributed by atoms with E-state index in [-0.39, 0.29) is 5.92 Å². The van der Waals surface area contributed by atoms with Crippen LogP contribution in [-0.2, 0) is 4.79 Å². The maximum absolute atomic E-state index is 12.3. The first kappa shape index (κ1) is 16.1. The van der Waals surface area contributed by atoms with Crippen LogP contribution in [0.5, 0.6) is 0 Å². The zero-order valence-corrected chi connectivity index (χ0v) is 14.1. The van der Waals surface area contributed by atoms with E-state index in [1.54, 1.807) is 0 Å². The van der Waals surface area contributed by atoms with Gasteiger partial charge in [0.15, 0.2) is 0 Å². The Morgan fingerprint density at radius 2 is 1.80 bits per heavy atom. The van der Waals surface area contributed by atoms with Gasteiger partial charge in [0.2, 0.25) is 5.91 Å². The predicted molar refractivity (Wildman–Crippen MR) is 84.9 cm³/mol. The summed E-state index contributed by atoms with van der Waals surface area (Å²) in [7, 11) is 0. The molecule has 0 aromatic heterocycles. The van der Waals surface area contributed by atoms with Crippen LogP contribution in [0.1, 0.15) is 65.7 Å². The number of halogens is 1. The zero-order chi connectivity index (χ0) is 14.8. The first-order chi connectivity index (χ1) is 9.36. The third kappa shape index (κ3) is 4.13. The summed E-state index contributed by atoms with van der Waals surface area (Å²) in [5.41, 5.74) is 0.736. The van der Waals surface area contributed by atoms with Gasteiger partial charge in [-0.3, -0.25) is 4.79 Å². The summed E-state index contributed by atoms with van der Waals surface area (Å²) in [4.78, 5) is 12.3. The molecule has 0 aromatic carbocycles. The van der Waals surface area contributed by atoms with Crippen molar-refractivity contribution in [2.75, 3.05) is 12.4 Å². The van der Waals surface area contributed by atoms with Gasteiger partial charge < -0.3 is 5.32 Å². The minimum atomic E-state index is 0.250. The molecule has 0 aromatic rings. The van der Waals surface area contributed by atoms with Gasteiger partial charge >= 0.3 is 0 Å². The number of hydrogen-bond acceptors (Lipinski definition) is 1. The molecule has 0 heterocycles. The lowest BCUT2D eigenvalue weighted by Crippen LogP contribution is -2.38. The number of carbonyl (C=O) groups excluding carboxylic acids is 1. The van der Waals surface area contributed by atoms with Gasteiger partial charge in [0.05, 0.1) is 0 Å². The number of rotatable bonds is 5. The molecule has 2 nitrogen and oxygen atoms in total. The summed E-state index contributed by atoms with van der Waals surface area (Å²) in [6, 6.07) is 0. The summed E-state index contributed by atoms with van der Waals surface area (Å²) in [6.07, 6.45) is 8.05. The normalized spacial score (nSPS) is 29.0. The average molecular weight is 300 g/mol. The molecule has 0 spiro atoms. The summed E-state index contributed by atoms with van der Waals surface area (Å²) in [6.45, 7) is 7.81. The standard InChI is InChI=1S/C17H30ClNO/c1-16(2,3)14-6-4-13(5-7-14)15(20)19-12-17(8-9-17)10-11-18/h13-14H,4-12H2,1-3H3,(H,19,20).